The fourth-order valence-corrected chi connectivity index (χ4v) is 2.57. The van der Waals surface area contributed by atoms with E-state index < -0.39 is 5.97 Å². The molecule has 0 aliphatic heterocycles. The van der Waals surface area contributed by atoms with Gasteiger partial charge in [0.25, 0.3) is 5.91 Å². The monoisotopic (exact) mass is 296 g/mol. The predicted molar refractivity (Wildman–Crippen MR) is 70.5 cm³/mol. The van der Waals surface area contributed by atoms with Crippen LogP contribution in [0.3, 0.4) is 0 Å². The Morgan fingerprint density at radius 3 is 2.89 bits per heavy atom. The lowest BCUT2D eigenvalue weighted by Gasteiger charge is -1.98. The van der Waals surface area contributed by atoms with Gasteiger partial charge in [-0.1, -0.05) is 29.2 Å². The molecule has 98 valence electrons. The van der Waals surface area contributed by atoms with Crippen molar-refractivity contribution in [3.8, 4) is 0 Å². The first-order chi connectivity index (χ1) is 9.15. The number of carboxylic acids is 1. The van der Waals surface area contributed by atoms with Crippen LogP contribution in [0.5, 0.6) is 0 Å². The number of aromatic nitrogens is 3. The first-order valence-corrected chi connectivity index (χ1v) is 6.86. The lowest BCUT2D eigenvalue weighted by Crippen LogP contribution is -2.13. The quantitative estimate of drug-likeness (QED) is 0.634. The van der Waals surface area contributed by atoms with Crippen LogP contribution in [-0.4, -0.2) is 37.9 Å². The minimum Gasteiger partial charge on any atom is -0.481 e. The molecule has 0 aliphatic rings. The van der Waals surface area contributed by atoms with E-state index in [-0.39, 0.29) is 17.4 Å². The van der Waals surface area contributed by atoms with Gasteiger partial charge in [0.1, 0.15) is 5.69 Å². The highest BCUT2D eigenvalue weighted by Gasteiger charge is 2.11. The van der Waals surface area contributed by atoms with Gasteiger partial charge in [0.05, 0.1) is 5.75 Å². The summed E-state index contributed by atoms with van der Waals surface area (Å²) in [6, 6.07) is 5.00. The predicted octanol–water partition coefficient (Wildman–Crippen LogP) is 1.36. The van der Waals surface area contributed by atoms with Gasteiger partial charge >= 0.3 is 5.97 Å². The summed E-state index contributed by atoms with van der Waals surface area (Å²) >= 11 is 2.17. The molecule has 0 radical (unpaired) electrons. The van der Waals surface area contributed by atoms with Gasteiger partial charge in [-0.05, 0) is 12.1 Å². The topological polar surface area (TPSA) is 105 Å². The van der Waals surface area contributed by atoms with Crippen LogP contribution in [0.2, 0.25) is 0 Å². The van der Waals surface area contributed by atoms with Crippen LogP contribution < -0.4 is 5.32 Å². The maximum Gasteiger partial charge on any atom is 0.313 e. The van der Waals surface area contributed by atoms with E-state index in [1.54, 1.807) is 18.2 Å². The molecule has 0 aliphatic carbocycles. The highest BCUT2D eigenvalue weighted by molar-refractivity contribution is 8.01. The number of nitrogens with zero attached hydrogens (tertiary/aromatic N) is 3. The van der Waals surface area contributed by atoms with E-state index in [9.17, 15) is 9.59 Å². The van der Waals surface area contributed by atoms with E-state index in [0.717, 1.165) is 23.1 Å². The van der Waals surface area contributed by atoms with E-state index in [4.69, 9.17) is 5.11 Å². The Labute approximate surface area is 116 Å². The number of carbonyl (C=O) groups is 2. The fraction of sp³-hybridized carbons (Fsp3) is 0.100. The van der Waals surface area contributed by atoms with Gasteiger partial charge in [-0.25, -0.2) is 0 Å². The standard InChI is InChI=1S/C10H8N4O3S2/c15-7(16)5-18-10-14-13-9(19-10)12-8(17)6-3-1-2-4-11-6/h1-4H,5H2,(H,15,16)(H,12,13,17). The highest BCUT2D eigenvalue weighted by atomic mass is 32.2. The molecule has 2 aromatic rings. The Morgan fingerprint density at radius 2 is 2.21 bits per heavy atom. The lowest BCUT2D eigenvalue weighted by atomic mass is 10.3. The molecule has 0 saturated heterocycles. The van der Waals surface area contributed by atoms with Crippen molar-refractivity contribution < 1.29 is 14.7 Å². The number of carboxylic acid groups (broad SMARTS) is 1. The minimum atomic E-state index is -0.931. The molecule has 1 amide bonds. The van der Waals surface area contributed by atoms with Gasteiger partial charge in [0, 0.05) is 6.20 Å². The summed E-state index contributed by atoms with van der Waals surface area (Å²) in [5.41, 5.74) is 0.275. The van der Waals surface area contributed by atoms with Crippen LogP contribution in [0.4, 0.5) is 5.13 Å². The normalized spacial score (nSPS) is 10.1. The molecule has 0 aromatic carbocycles. The molecule has 0 unspecified atom stereocenters. The first-order valence-electron chi connectivity index (χ1n) is 5.05. The maximum absolute atomic E-state index is 11.8. The van der Waals surface area contributed by atoms with Crippen molar-refractivity contribution in [2.24, 2.45) is 0 Å². The van der Waals surface area contributed by atoms with E-state index in [0.29, 0.717) is 9.47 Å². The molecule has 0 spiro atoms. The Kier molecular flexibility index (Phi) is 4.42. The van der Waals surface area contributed by atoms with Crippen molar-refractivity contribution >= 4 is 40.1 Å². The molecular formula is C10H8N4O3S2. The Balaban J connectivity index is 1.96. The minimum absolute atomic E-state index is 0.0944. The van der Waals surface area contributed by atoms with Crippen LogP contribution in [0.15, 0.2) is 28.7 Å². The number of rotatable bonds is 5. The summed E-state index contributed by atoms with van der Waals surface area (Å²) in [6.07, 6.45) is 1.52. The van der Waals surface area contributed by atoms with Crippen LogP contribution in [-0.2, 0) is 4.79 Å². The zero-order valence-corrected chi connectivity index (χ0v) is 11.1. The molecule has 0 atom stereocenters. The molecule has 0 bridgehead atoms. The number of anilines is 1. The SMILES string of the molecule is O=C(O)CSc1nnc(NC(=O)c2ccccn2)s1. The van der Waals surface area contributed by atoms with Crippen LogP contribution >= 0.6 is 23.1 Å². The summed E-state index contributed by atoms with van der Waals surface area (Å²) < 4.78 is 0.485. The number of aliphatic carboxylic acids is 1. The number of amides is 1. The van der Waals surface area contributed by atoms with Gasteiger partial charge in [0.15, 0.2) is 4.34 Å². The van der Waals surface area contributed by atoms with Crippen molar-refractivity contribution in [1.29, 1.82) is 0 Å². The van der Waals surface area contributed by atoms with Crippen molar-refractivity contribution in [3.05, 3.63) is 30.1 Å². The number of hydrogen-bond acceptors (Lipinski definition) is 7. The zero-order chi connectivity index (χ0) is 13.7. The molecule has 0 saturated carbocycles. The number of carbonyl (C=O) groups excluding carboxylic acids is 1. The van der Waals surface area contributed by atoms with Crippen molar-refractivity contribution in [1.82, 2.24) is 15.2 Å². The molecule has 2 N–H and O–H groups in total. The van der Waals surface area contributed by atoms with E-state index in [1.807, 2.05) is 0 Å². The molecule has 2 rings (SSSR count). The van der Waals surface area contributed by atoms with Crippen molar-refractivity contribution in [2.75, 3.05) is 11.1 Å². The second-order valence-electron chi connectivity index (χ2n) is 3.22. The third-order valence-electron chi connectivity index (χ3n) is 1.84. The van der Waals surface area contributed by atoms with E-state index in [2.05, 4.69) is 20.5 Å². The smallest absolute Gasteiger partial charge is 0.313 e. The Hall–Kier alpha value is -2.00. The number of nitrogens with one attached hydrogen (secondary N) is 1. The summed E-state index contributed by atoms with van der Waals surface area (Å²) in [7, 11) is 0. The van der Waals surface area contributed by atoms with E-state index >= 15 is 0 Å². The first kappa shape index (κ1) is 13.4. The van der Waals surface area contributed by atoms with Crippen molar-refractivity contribution in [3.63, 3.8) is 0 Å². The van der Waals surface area contributed by atoms with Crippen LogP contribution in [0, 0.1) is 0 Å². The summed E-state index contributed by atoms with van der Waals surface area (Å²) in [6.45, 7) is 0. The lowest BCUT2D eigenvalue weighted by molar-refractivity contribution is -0.133. The number of hydrogen-bond donors (Lipinski definition) is 2. The maximum atomic E-state index is 11.8. The fourth-order valence-electron chi connectivity index (χ4n) is 1.10. The summed E-state index contributed by atoms with van der Waals surface area (Å²) in [5, 5.41) is 18.9. The average molecular weight is 296 g/mol. The third kappa shape index (κ3) is 4.00. The zero-order valence-electron chi connectivity index (χ0n) is 9.44. The van der Waals surface area contributed by atoms with Gasteiger partial charge < -0.3 is 5.11 Å². The summed E-state index contributed by atoms with van der Waals surface area (Å²) in [5.74, 6) is -1.41. The molecule has 2 aromatic heterocycles. The molecule has 2 heterocycles. The van der Waals surface area contributed by atoms with Crippen LogP contribution in [0.25, 0.3) is 0 Å². The van der Waals surface area contributed by atoms with Gasteiger partial charge in [-0.2, -0.15) is 0 Å². The second-order valence-corrected chi connectivity index (χ2v) is 5.42. The second kappa shape index (κ2) is 6.25. The van der Waals surface area contributed by atoms with Gasteiger partial charge in [-0.15, -0.1) is 10.2 Å². The van der Waals surface area contributed by atoms with Gasteiger partial charge in [-0.3, -0.25) is 19.9 Å². The Bertz CT molecular complexity index is 587. The van der Waals surface area contributed by atoms with Crippen molar-refractivity contribution in [2.45, 2.75) is 4.34 Å². The largest absolute Gasteiger partial charge is 0.481 e. The van der Waals surface area contributed by atoms with E-state index in [1.165, 1.54) is 6.20 Å². The van der Waals surface area contributed by atoms with Crippen LogP contribution in [0.1, 0.15) is 10.5 Å². The highest BCUT2D eigenvalue weighted by Crippen LogP contribution is 2.25. The summed E-state index contributed by atoms with van der Waals surface area (Å²) in [4.78, 5) is 26.1. The number of thioether (sulfide) groups is 1. The molecule has 9 heteroatoms. The third-order valence-corrected chi connectivity index (χ3v) is 3.80. The molecule has 7 nitrogen and oxygen atoms in total. The Morgan fingerprint density at radius 1 is 1.37 bits per heavy atom. The molecular weight excluding hydrogens is 288 g/mol. The molecule has 19 heavy (non-hydrogen) atoms. The average Bonchev–Trinajstić information content (AvgIpc) is 2.85. The number of pyridine rings is 1. The molecule has 0 fully saturated rings. The van der Waals surface area contributed by atoms with Gasteiger partial charge in [0.2, 0.25) is 5.13 Å².